The zero-order chi connectivity index (χ0) is 20.4. The second kappa shape index (κ2) is 7.92. The third-order valence-corrected chi connectivity index (χ3v) is 5.55. The van der Waals surface area contributed by atoms with Gasteiger partial charge in [-0.1, -0.05) is 18.2 Å². The molecule has 2 aromatic carbocycles. The van der Waals surface area contributed by atoms with Crippen molar-refractivity contribution in [3.05, 3.63) is 59.9 Å². The fourth-order valence-electron chi connectivity index (χ4n) is 4.00. The number of benzene rings is 2. The summed E-state index contributed by atoms with van der Waals surface area (Å²) in [5.41, 5.74) is 1.68. The number of nitriles is 1. The molecule has 2 heterocycles. The van der Waals surface area contributed by atoms with Gasteiger partial charge in [-0.3, -0.25) is 9.59 Å². The first-order valence-corrected chi connectivity index (χ1v) is 9.65. The van der Waals surface area contributed by atoms with Crippen molar-refractivity contribution in [1.29, 1.82) is 5.26 Å². The molecular formula is C22H21FN4O2. The van der Waals surface area contributed by atoms with Gasteiger partial charge in [0, 0.05) is 44.8 Å². The van der Waals surface area contributed by atoms with Crippen molar-refractivity contribution in [2.24, 2.45) is 5.92 Å². The minimum Gasteiger partial charge on any atom is -0.366 e. The van der Waals surface area contributed by atoms with Crippen molar-refractivity contribution < 1.29 is 14.0 Å². The molecule has 1 atom stereocenters. The van der Waals surface area contributed by atoms with Crippen molar-refractivity contribution in [1.82, 2.24) is 4.90 Å². The van der Waals surface area contributed by atoms with Gasteiger partial charge < -0.3 is 14.7 Å². The van der Waals surface area contributed by atoms with Crippen molar-refractivity contribution in [2.45, 2.75) is 6.42 Å². The monoisotopic (exact) mass is 392 g/mol. The van der Waals surface area contributed by atoms with Crippen LogP contribution in [0.4, 0.5) is 15.8 Å². The first-order chi connectivity index (χ1) is 14.1. The van der Waals surface area contributed by atoms with E-state index in [1.54, 1.807) is 52.3 Å². The highest BCUT2D eigenvalue weighted by molar-refractivity contribution is 6.00. The SMILES string of the molecule is N#Cc1cccc(N2CC(C(=O)N3CCN(c4ccccc4F)CC3)CC2=O)c1. The Bertz CT molecular complexity index is 979. The van der Waals surface area contributed by atoms with Gasteiger partial charge in [0.1, 0.15) is 5.82 Å². The molecule has 0 aromatic heterocycles. The standard InChI is InChI=1S/C22H21FN4O2/c23-19-6-1-2-7-20(19)25-8-10-26(11-9-25)22(29)17-13-21(28)27(15-17)18-5-3-4-16(12-18)14-24/h1-7,12,17H,8-11,13,15H2. The second-order valence-electron chi connectivity index (χ2n) is 7.33. The number of hydrogen-bond acceptors (Lipinski definition) is 4. The Morgan fingerprint density at radius 1 is 1.07 bits per heavy atom. The quantitative estimate of drug-likeness (QED) is 0.805. The van der Waals surface area contributed by atoms with E-state index in [1.807, 2.05) is 4.90 Å². The van der Waals surface area contributed by atoms with Crippen LogP contribution in [0.15, 0.2) is 48.5 Å². The molecule has 0 spiro atoms. The summed E-state index contributed by atoms with van der Waals surface area (Å²) in [5.74, 6) is -0.800. The van der Waals surface area contributed by atoms with Crippen molar-refractivity contribution >= 4 is 23.2 Å². The first-order valence-electron chi connectivity index (χ1n) is 9.65. The van der Waals surface area contributed by atoms with Crippen molar-refractivity contribution in [2.75, 3.05) is 42.5 Å². The number of halogens is 1. The third-order valence-electron chi connectivity index (χ3n) is 5.55. The molecule has 0 bridgehead atoms. The van der Waals surface area contributed by atoms with Crippen molar-refractivity contribution in [3.63, 3.8) is 0 Å². The van der Waals surface area contributed by atoms with E-state index < -0.39 is 5.92 Å². The molecule has 7 heteroatoms. The van der Waals surface area contributed by atoms with Gasteiger partial charge in [0.15, 0.2) is 0 Å². The lowest BCUT2D eigenvalue weighted by atomic mass is 10.1. The number of nitrogens with zero attached hydrogens (tertiary/aromatic N) is 4. The highest BCUT2D eigenvalue weighted by atomic mass is 19.1. The highest BCUT2D eigenvalue weighted by Gasteiger charge is 2.38. The maximum absolute atomic E-state index is 14.0. The minimum atomic E-state index is -0.395. The molecule has 2 aliphatic rings. The molecular weight excluding hydrogens is 371 g/mol. The Morgan fingerprint density at radius 3 is 2.55 bits per heavy atom. The molecule has 0 radical (unpaired) electrons. The Kier molecular flexibility index (Phi) is 5.17. The summed E-state index contributed by atoms with van der Waals surface area (Å²) in [4.78, 5) is 30.7. The van der Waals surface area contributed by atoms with Gasteiger partial charge in [-0.25, -0.2) is 4.39 Å². The summed E-state index contributed by atoms with van der Waals surface area (Å²) in [6, 6.07) is 15.6. The van der Waals surface area contributed by atoms with Crippen LogP contribution in [0.5, 0.6) is 0 Å². The lowest BCUT2D eigenvalue weighted by molar-refractivity contribution is -0.136. The van der Waals surface area contributed by atoms with Gasteiger partial charge in [-0.2, -0.15) is 5.26 Å². The molecule has 2 saturated heterocycles. The van der Waals surface area contributed by atoms with Crippen LogP contribution in [-0.4, -0.2) is 49.4 Å². The van der Waals surface area contributed by atoms with E-state index in [4.69, 9.17) is 5.26 Å². The molecule has 0 N–H and O–H groups in total. The molecule has 2 aromatic rings. The Hall–Kier alpha value is -3.40. The fourth-order valence-corrected chi connectivity index (χ4v) is 4.00. The van der Waals surface area contributed by atoms with E-state index in [0.717, 1.165) is 0 Å². The zero-order valence-corrected chi connectivity index (χ0v) is 15.9. The smallest absolute Gasteiger partial charge is 0.228 e. The van der Waals surface area contributed by atoms with Crippen LogP contribution in [0.25, 0.3) is 0 Å². The number of para-hydroxylation sites is 1. The van der Waals surface area contributed by atoms with Crippen LogP contribution < -0.4 is 9.80 Å². The summed E-state index contributed by atoms with van der Waals surface area (Å²) in [5, 5.41) is 9.06. The summed E-state index contributed by atoms with van der Waals surface area (Å²) in [6.07, 6.45) is 0.170. The number of rotatable bonds is 3. The average Bonchev–Trinajstić information content (AvgIpc) is 3.15. The minimum absolute atomic E-state index is 0.0366. The van der Waals surface area contributed by atoms with Gasteiger partial charge in [0.05, 0.1) is 23.2 Å². The number of carbonyl (C=O) groups is 2. The number of hydrogen-bond donors (Lipinski definition) is 0. The lowest BCUT2D eigenvalue weighted by Gasteiger charge is -2.37. The number of amides is 2. The Morgan fingerprint density at radius 2 is 1.83 bits per heavy atom. The third kappa shape index (κ3) is 3.79. The number of carbonyl (C=O) groups excluding carboxylic acids is 2. The Balaban J connectivity index is 1.39. The van der Waals surface area contributed by atoms with E-state index >= 15 is 0 Å². The lowest BCUT2D eigenvalue weighted by Crippen LogP contribution is -2.51. The predicted octanol–water partition coefficient (Wildman–Crippen LogP) is 2.40. The summed E-state index contributed by atoms with van der Waals surface area (Å²) < 4.78 is 14.0. The zero-order valence-electron chi connectivity index (χ0n) is 15.9. The largest absolute Gasteiger partial charge is 0.366 e. The summed E-state index contributed by atoms with van der Waals surface area (Å²) >= 11 is 0. The predicted molar refractivity (Wildman–Crippen MR) is 107 cm³/mol. The second-order valence-corrected chi connectivity index (χ2v) is 7.33. The van der Waals surface area contributed by atoms with Gasteiger partial charge in [-0.05, 0) is 30.3 Å². The van der Waals surface area contributed by atoms with Gasteiger partial charge in [0.2, 0.25) is 11.8 Å². The van der Waals surface area contributed by atoms with E-state index in [9.17, 15) is 14.0 Å². The summed E-state index contributed by atoms with van der Waals surface area (Å²) in [7, 11) is 0. The molecule has 2 amide bonds. The van der Waals surface area contributed by atoms with E-state index in [2.05, 4.69) is 6.07 Å². The summed E-state index contributed by atoms with van der Waals surface area (Å²) in [6.45, 7) is 2.44. The molecule has 2 aliphatic heterocycles. The van der Waals surface area contributed by atoms with Crippen LogP contribution in [-0.2, 0) is 9.59 Å². The van der Waals surface area contributed by atoms with E-state index in [-0.39, 0.29) is 24.1 Å². The molecule has 4 rings (SSSR count). The van der Waals surface area contributed by atoms with E-state index in [1.165, 1.54) is 6.07 Å². The maximum Gasteiger partial charge on any atom is 0.228 e. The van der Waals surface area contributed by atoms with Crippen molar-refractivity contribution in [3.8, 4) is 6.07 Å². The van der Waals surface area contributed by atoms with E-state index in [0.29, 0.717) is 49.7 Å². The molecule has 0 aliphatic carbocycles. The Labute approximate surface area is 168 Å². The van der Waals surface area contributed by atoms with Crippen LogP contribution in [0.2, 0.25) is 0 Å². The average molecular weight is 392 g/mol. The molecule has 148 valence electrons. The molecule has 29 heavy (non-hydrogen) atoms. The van der Waals surface area contributed by atoms with Gasteiger partial charge in [-0.15, -0.1) is 0 Å². The number of anilines is 2. The molecule has 0 saturated carbocycles. The van der Waals surface area contributed by atoms with Crippen LogP contribution in [0.3, 0.4) is 0 Å². The molecule has 1 unspecified atom stereocenters. The first kappa shape index (κ1) is 18.9. The van der Waals surface area contributed by atoms with Crippen LogP contribution in [0, 0.1) is 23.1 Å². The fraction of sp³-hybridized carbons (Fsp3) is 0.318. The van der Waals surface area contributed by atoms with Gasteiger partial charge in [0.25, 0.3) is 0 Å². The molecule has 2 fully saturated rings. The molecule has 6 nitrogen and oxygen atoms in total. The van der Waals surface area contributed by atoms with Crippen LogP contribution >= 0.6 is 0 Å². The normalized spacial score (nSPS) is 19.4. The maximum atomic E-state index is 14.0. The number of piperazine rings is 1. The topological polar surface area (TPSA) is 67.7 Å². The van der Waals surface area contributed by atoms with Gasteiger partial charge >= 0.3 is 0 Å². The van der Waals surface area contributed by atoms with Crippen LogP contribution in [0.1, 0.15) is 12.0 Å². The highest BCUT2D eigenvalue weighted by Crippen LogP contribution is 2.28.